The molecule has 0 spiro atoms. The van der Waals surface area contributed by atoms with Gasteiger partial charge < -0.3 is 20.6 Å². The van der Waals surface area contributed by atoms with E-state index in [4.69, 9.17) is 0 Å². The number of fused-ring (bicyclic) bond motifs is 5. The Balaban J connectivity index is 1.47. The molecule has 4 fully saturated rings. The van der Waals surface area contributed by atoms with Gasteiger partial charge in [0, 0.05) is 12.5 Å². The van der Waals surface area contributed by atoms with Gasteiger partial charge in [-0.1, -0.05) is 48.0 Å². The largest absolute Gasteiger partial charge is 0.393 e. The molecule has 0 aromatic heterocycles. The van der Waals surface area contributed by atoms with Gasteiger partial charge in [-0.25, -0.2) is 0 Å². The highest BCUT2D eigenvalue weighted by Crippen LogP contribution is 2.69. The predicted molar refractivity (Wildman–Crippen MR) is 159 cm³/mol. The van der Waals surface area contributed by atoms with E-state index >= 15 is 0 Å². The van der Waals surface area contributed by atoms with Crippen molar-refractivity contribution in [1.29, 1.82) is 0 Å². The molecule has 4 aliphatic rings. The van der Waals surface area contributed by atoms with Gasteiger partial charge in [-0.2, -0.15) is 8.42 Å². The van der Waals surface area contributed by atoms with Gasteiger partial charge in [-0.15, -0.1) is 0 Å². The van der Waals surface area contributed by atoms with E-state index in [9.17, 15) is 33.1 Å². The van der Waals surface area contributed by atoms with Crippen LogP contribution in [0.1, 0.15) is 106 Å². The number of aliphatic hydroxyl groups is 3. The third kappa shape index (κ3) is 6.40. The summed E-state index contributed by atoms with van der Waals surface area (Å²) in [6.07, 6.45) is 6.18. The van der Waals surface area contributed by atoms with Crippen LogP contribution in [0.4, 0.5) is 0 Å². The lowest BCUT2D eigenvalue weighted by molar-refractivity contribution is -0.228. The van der Waals surface area contributed by atoms with Crippen molar-refractivity contribution in [2.45, 2.75) is 130 Å². The summed E-state index contributed by atoms with van der Waals surface area (Å²) in [6.45, 7) is 12.8. The Bertz CT molecular complexity index is 1040. The fourth-order valence-corrected chi connectivity index (χ4v) is 11.5. The SMILES string of the molecule is CC[C@H]1[C@@H](O)[C@@H]2[C@H](C[C@H](O)[C@]3(C)[C@@H]([C@H](C)CCC(=O)N[C@@H](CC(C)C)CS(=O)(=O)O)CC[C@@H]23)[C@@]2(C)CC[C@@H](O)C[C@@H]12. The molecular formula is C32H57NO7S. The third-order valence-corrected chi connectivity index (χ3v) is 13.4. The molecular weight excluding hydrogens is 542 g/mol. The summed E-state index contributed by atoms with van der Waals surface area (Å²) in [4.78, 5) is 12.9. The van der Waals surface area contributed by atoms with Gasteiger partial charge in [0.1, 0.15) is 0 Å². The average molecular weight is 600 g/mol. The van der Waals surface area contributed by atoms with E-state index in [1.165, 1.54) is 0 Å². The summed E-state index contributed by atoms with van der Waals surface area (Å²) in [5.74, 6) is 0.938. The molecule has 0 saturated heterocycles. The van der Waals surface area contributed by atoms with Crippen LogP contribution in [-0.4, -0.2) is 64.3 Å². The summed E-state index contributed by atoms with van der Waals surface area (Å²) in [5.41, 5.74) is -0.318. The van der Waals surface area contributed by atoms with Crippen molar-refractivity contribution in [2.75, 3.05) is 5.75 Å². The Morgan fingerprint density at radius 1 is 1.00 bits per heavy atom. The van der Waals surface area contributed by atoms with Crippen LogP contribution < -0.4 is 5.32 Å². The zero-order valence-electron chi connectivity index (χ0n) is 26.1. The summed E-state index contributed by atoms with van der Waals surface area (Å²) >= 11 is 0. The Morgan fingerprint density at radius 2 is 1.68 bits per heavy atom. The van der Waals surface area contributed by atoms with Crippen molar-refractivity contribution in [3.8, 4) is 0 Å². The first-order valence-electron chi connectivity index (χ1n) is 16.3. The van der Waals surface area contributed by atoms with Gasteiger partial charge in [-0.05, 0) is 110 Å². The third-order valence-electron chi connectivity index (χ3n) is 12.6. The second-order valence-electron chi connectivity index (χ2n) is 15.4. The fourth-order valence-electron chi connectivity index (χ4n) is 10.7. The van der Waals surface area contributed by atoms with Crippen LogP contribution in [0, 0.1) is 58.2 Å². The predicted octanol–water partition coefficient (Wildman–Crippen LogP) is 4.42. The first-order chi connectivity index (χ1) is 19.0. The lowest BCUT2D eigenvalue weighted by Gasteiger charge is -2.65. The van der Waals surface area contributed by atoms with E-state index in [-0.39, 0.29) is 76.6 Å². The van der Waals surface area contributed by atoms with Crippen molar-refractivity contribution in [2.24, 2.45) is 58.2 Å². The van der Waals surface area contributed by atoms with Crippen molar-refractivity contribution < 1.29 is 33.1 Å². The van der Waals surface area contributed by atoms with E-state index in [1.807, 2.05) is 13.8 Å². The van der Waals surface area contributed by atoms with Gasteiger partial charge in [0.25, 0.3) is 10.1 Å². The molecule has 13 atom stereocenters. The first-order valence-corrected chi connectivity index (χ1v) is 17.9. The Morgan fingerprint density at radius 3 is 2.29 bits per heavy atom. The van der Waals surface area contributed by atoms with Gasteiger partial charge in [-0.3, -0.25) is 9.35 Å². The molecule has 4 aliphatic carbocycles. The Hall–Kier alpha value is -0.740. The second kappa shape index (κ2) is 12.3. The number of carbonyl (C=O) groups excluding carboxylic acids is 1. The van der Waals surface area contributed by atoms with Crippen molar-refractivity contribution in [3.05, 3.63) is 0 Å². The summed E-state index contributed by atoms with van der Waals surface area (Å²) in [5, 5.41) is 37.1. The van der Waals surface area contributed by atoms with Gasteiger partial charge in [0.2, 0.25) is 5.91 Å². The number of hydrogen-bond acceptors (Lipinski definition) is 6. The molecule has 0 aliphatic heterocycles. The van der Waals surface area contributed by atoms with Crippen LogP contribution in [0.15, 0.2) is 0 Å². The van der Waals surface area contributed by atoms with E-state index < -0.39 is 34.1 Å². The van der Waals surface area contributed by atoms with Crippen LogP contribution in [0.3, 0.4) is 0 Å². The number of hydrogen-bond donors (Lipinski definition) is 5. The number of nitrogens with one attached hydrogen (secondary N) is 1. The first kappa shape index (κ1) is 33.2. The van der Waals surface area contributed by atoms with E-state index in [0.717, 1.165) is 38.5 Å². The summed E-state index contributed by atoms with van der Waals surface area (Å²) < 4.78 is 32.3. The number of carbonyl (C=O) groups is 1. The minimum atomic E-state index is -4.20. The molecule has 0 heterocycles. The minimum absolute atomic E-state index is 0.0163. The molecule has 9 heteroatoms. The molecule has 1 amide bonds. The number of rotatable bonds is 10. The molecule has 5 N–H and O–H groups in total. The van der Waals surface area contributed by atoms with E-state index in [2.05, 4.69) is 33.0 Å². The van der Waals surface area contributed by atoms with Crippen LogP contribution >= 0.6 is 0 Å². The average Bonchev–Trinajstić information content (AvgIpc) is 3.21. The second-order valence-corrected chi connectivity index (χ2v) is 16.9. The van der Waals surface area contributed by atoms with Crippen molar-refractivity contribution >= 4 is 16.0 Å². The van der Waals surface area contributed by atoms with E-state index in [1.54, 1.807) is 0 Å². The van der Waals surface area contributed by atoms with Crippen LogP contribution in [0.5, 0.6) is 0 Å². The fraction of sp³-hybridized carbons (Fsp3) is 0.969. The molecule has 0 unspecified atom stereocenters. The maximum atomic E-state index is 12.9. The lowest BCUT2D eigenvalue weighted by Crippen LogP contribution is -2.65. The van der Waals surface area contributed by atoms with Crippen molar-refractivity contribution in [3.63, 3.8) is 0 Å². The standard InChI is InChI=1S/C32H57NO7S/c1-7-22-25-15-21(34)12-13-31(25,5)26-16-27(35)32(6)23(9-10-24(32)29(26)30(22)37)19(4)8-11-28(36)33-20(14-18(2)3)17-41(38,39)40/h18-27,29-30,34-35,37H,7-17H2,1-6H3,(H,33,36)(H,38,39,40)/t19-,20+,21-,22-,23-,24+,25+,26+,27+,29+,30-,31+,32-/m1/s1. The maximum absolute atomic E-state index is 12.9. The molecule has 0 radical (unpaired) electrons. The summed E-state index contributed by atoms with van der Waals surface area (Å²) in [6, 6.07) is -0.622. The number of aliphatic hydroxyl groups excluding tert-OH is 3. The van der Waals surface area contributed by atoms with Gasteiger partial charge >= 0.3 is 0 Å². The molecule has 238 valence electrons. The highest BCUT2D eigenvalue weighted by Gasteiger charge is 2.67. The molecule has 0 bridgehead atoms. The number of amides is 1. The summed E-state index contributed by atoms with van der Waals surface area (Å²) in [7, 11) is -4.20. The highest BCUT2D eigenvalue weighted by molar-refractivity contribution is 7.85. The molecule has 4 saturated carbocycles. The Labute approximate surface area is 248 Å². The quantitative estimate of drug-likeness (QED) is 0.234. The van der Waals surface area contributed by atoms with Crippen LogP contribution in [-0.2, 0) is 14.9 Å². The van der Waals surface area contributed by atoms with Crippen LogP contribution in [0.2, 0.25) is 0 Å². The highest BCUT2D eigenvalue weighted by atomic mass is 32.2. The minimum Gasteiger partial charge on any atom is -0.393 e. The zero-order valence-corrected chi connectivity index (χ0v) is 26.9. The molecule has 0 aromatic carbocycles. The van der Waals surface area contributed by atoms with Crippen molar-refractivity contribution in [1.82, 2.24) is 5.32 Å². The lowest BCUT2D eigenvalue weighted by atomic mass is 9.41. The van der Waals surface area contributed by atoms with Gasteiger partial charge in [0.15, 0.2) is 0 Å². The normalized spacial score (nSPS) is 44.0. The molecule has 4 rings (SSSR count). The van der Waals surface area contributed by atoms with E-state index in [0.29, 0.717) is 19.3 Å². The van der Waals surface area contributed by atoms with Crippen LogP contribution in [0.25, 0.3) is 0 Å². The van der Waals surface area contributed by atoms with Gasteiger partial charge in [0.05, 0.1) is 24.1 Å². The Kier molecular flexibility index (Phi) is 9.98. The maximum Gasteiger partial charge on any atom is 0.266 e. The smallest absolute Gasteiger partial charge is 0.266 e. The molecule has 0 aromatic rings. The topological polar surface area (TPSA) is 144 Å². The monoisotopic (exact) mass is 599 g/mol. The zero-order chi connectivity index (χ0) is 30.5. The molecule has 41 heavy (non-hydrogen) atoms. The molecule has 8 nitrogen and oxygen atoms in total.